The number of carbonyl (C=O) groups is 1. The van der Waals surface area contributed by atoms with Crippen LogP contribution in [0.1, 0.15) is 10.5 Å². The quantitative estimate of drug-likeness (QED) is 0.797. The minimum Gasteiger partial charge on any atom is -0.350 e. The third kappa shape index (κ3) is 2.88. The smallest absolute Gasteiger partial charge is 0.268 e. The van der Waals surface area contributed by atoms with Gasteiger partial charge in [-0.05, 0) is 52.9 Å². The van der Waals surface area contributed by atoms with E-state index in [0.29, 0.717) is 11.6 Å². The second kappa shape index (κ2) is 5.97. The minimum absolute atomic E-state index is 0.0132. The molecule has 2 heterocycles. The average Bonchev–Trinajstić information content (AvgIpc) is 2.86. The summed E-state index contributed by atoms with van der Waals surface area (Å²) in [4.78, 5) is 12.3. The topological polar surface area (TPSA) is 46.1 Å². The van der Waals surface area contributed by atoms with E-state index in [2.05, 4.69) is 39.3 Å². The van der Waals surface area contributed by atoms with E-state index in [0.717, 1.165) is 28.9 Å². The first-order valence-corrected chi connectivity index (χ1v) is 7.74. The molecule has 0 aliphatic carbocycles. The number of halogens is 1. The van der Waals surface area contributed by atoms with Crippen molar-refractivity contribution in [3.63, 3.8) is 0 Å². The molecule has 2 N–H and O–H groups in total. The molecule has 1 aliphatic heterocycles. The maximum Gasteiger partial charge on any atom is 0.268 e. The van der Waals surface area contributed by atoms with Gasteiger partial charge >= 0.3 is 0 Å². The fourth-order valence-corrected chi connectivity index (χ4v) is 2.76. The zero-order valence-electron chi connectivity index (χ0n) is 11.0. The Bertz CT molecular complexity index is 619. The molecule has 0 spiro atoms. The van der Waals surface area contributed by atoms with Crippen molar-refractivity contribution in [1.82, 2.24) is 15.2 Å². The van der Waals surface area contributed by atoms with Crippen molar-refractivity contribution in [1.29, 1.82) is 0 Å². The number of hydrogen-bond donors (Lipinski definition) is 2. The summed E-state index contributed by atoms with van der Waals surface area (Å²) in [7, 11) is 0. The largest absolute Gasteiger partial charge is 0.350 e. The SMILES string of the molecule is O=C(NCC1CNC1)c1cccn1-c1cccc(I)c1. The lowest BCUT2D eigenvalue weighted by atomic mass is 10.0. The Morgan fingerprint density at radius 2 is 2.20 bits per heavy atom. The van der Waals surface area contributed by atoms with Gasteiger partial charge in [-0.3, -0.25) is 4.79 Å². The lowest BCUT2D eigenvalue weighted by Gasteiger charge is -2.27. The van der Waals surface area contributed by atoms with Crippen molar-refractivity contribution in [2.75, 3.05) is 19.6 Å². The van der Waals surface area contributed by atoms with Crippen molar-refractivity contribution in [3.8, 4) is 5.69 Å². The molecule has 104 valence electrons. The van der Waals surface area contributed by atoms with Crippen LogP contribution in [-0.2, 0) is 0 Å². The Morgan fingerprint density at radius 3 is 2.90 bits per heavy atom. The van der Waals surface area contributed by atoms with Gasteiger partial charge in [-0.2, -0.15) is 0 Å². The molecule has 1 saturated heterocycles. The molecular weight excluding hydrogens is 365 g/mol. The van der Waals surface area contributed by atoms with Crippen LogP contribution in [0, 0.1) is 9.49 Å². The monoisotopic (exact) mass is 381 g/mol. The Kier molecular flexibility index (Phi) is 4.07. The highest BCUT2D eigenvalue weighted by molar-refractivity contribution is 14.1. The molecule has 1 aromatic heterocycles. The highest BCUT2D eigenvalue weighted by Gasteiger charge is 2.18. The van der Waals surface area contributed by atoms with E-state index in [4.69, 9.17) is 0 Å². The van der Waals surface area contributed by atoms with E-state index in [9.17, 15) is 4.79 Å². The number of carbonyl (C=O) groups excluding carboxylic acids is 1. The molecule has 20 heavy (non-hydrogen) atoms. The van der Waals surface area contributed by atoms with Crippen LogP contribution in [0.3, 0.4) is 0 Å². The summed E-state index contributed by atoms with van der Waals surface area (Å²) in [6.07, 6.45) is 1.92. The molecule has 0 saturated carbocycles. The first kappa shape index (κ1) is 13.6. The molecule has 2 aromatic rings. The average molecular weight is 381 g/mol. The number of nitrogens with one attached hydrogen (secondary N) is 2. The highest BCUT2D eigenvalue weighted by atomic mass is 127. The number of amides is 1. The van der Waals surface area contributed by atoms with Crippen molar-refractivity contribution in [2.24, 2.45) is 5.92 Å². The van der Waals surface area contributed by atoms with Crippen LogP contribution >= 0.6 is 22.6 Å². The first-order valence-electron chi connectivity index (χ1n) is 6.66. The number of hydrogen-bond acceptors (Lipinski definition) is 2. The summed E-state index contributed by atoms with van der Waals surface area (Å²) < 4.78 is 3.08. The number of nitrogens with zero attached hydrogens (tertiary/aromatic N) is 1. The Hall–Kier alpha value is -1.34. The lowest BCUT2D eigenvalue weighted by Crippen LogP contribution is -2.48. The Morgan fingerprint density at radius 1 is 1.35 bits per heavy atom. The molecule has 3 rings (SSSR count). The highest BCUT2D eigenvalue weighted by Crippen LogP contribution is 2.16. The van der Waals surface area contributed by atoms with Gasteiger partial charge in [0.25, 0.3) is 5.91 Å². The van der Waals surface area contributed by atoms with Gasteiger partial charge in [-0.1, -0.05) is 6.07 Å². The van der Waals surface area contributed by atoms with Gasteiger partial charge in [0, 0.05) is 41.0 Å². The van der Waals surface area contributed by atoms with Crippen molar-refractivity contribution in [3.05, 3.63) is 51.9 Å². The van der Waals surface area contributed by atoms with E-state index in [1.165, 1.54) is 0 Å². The van der Waals surface area contributed by atoms with Gasteiger partial charge in [0.05, 0.1) is 0 Å². The summed E-state index contributed by atoms with van der Waals surface area (Å²) in [5.74, 6) is 0.556. The second-order valence-electron chi connectivity index (χ2n) is 4.98. The molecule has 0 atom stereocenters. The maximum absolute atomic E-state index is 12.3. The molecule has 0 unspecified atom stereocenters. The summed E-state index contributed by atoms with van der Waals surface area (Å²) in [6, 6.07) is 11.9. The van der Waals surface area contributed by atoms with E-state index in [1.54, 1.807) is 0 Å². The zero-order valence-corrected chi connectivity index (χ0v) is 13.1. The fourth-order valence-electron chi connectivity index (χ4n) is 2.24. The Balaban J connectivity index is 1.77. The van der Waals surface area contributed by atoms with E-state index < -0.39 is 0 Å². The van der Waals surface area contributed by atoms with E-state index >= 15 is 0 Å². The molecule has 1 amide bonds. The van der Waals surface area contributed by atoms with E-state index in [-0.39, 0.29) is 5.91 Å². The molecule has 1 aliphatic rings. The minimum atomic E-state index is -0.0132. The normalized spacial score (nSPS) is 14.8. The second-order valence-corrected chi connectivity index (χ2v) is 6.22. The molecule has 1 fully saturated rings. The number of rotatable bonds is 4. The van der Waals surface area contributed by atoms with Gasteiger partial charge < -0.3 is 15.2 Å². The number of aromatic nitrogens is 1. The van der Waals surface area contributed by atoms with Crippen LogP contribution in [0.5, 0.6) is 0 Å². The molecular formula is C15H16IN3O. The van der Waals surface area contributed by atoms with Gasteiger partial charge in [-0.15, -0.1) is 0 Å². The predicted molar refractivity (Wildman–Crippen MR) is 87.2 cm³/mol. The summed E-state index contributed by atoms with van der Waals surface area (Å²) >= 11 is 2.28. The third-order valence-electron chi connectivity index (χ3n) is 3.49. The van der Waals surface area contributed by atoms with E-state index in [1.807, 2.05) is 41.1 Å². The van der Waals surface area contributed by atoms with Gasteiger partial charge in [-0.25, -0.2) is 0 Å². The lowest BCUT2D eigenvalue weighted by molar-refractivity contribution is 0.0935. The summed E-state index contributed by atoms with van der Waals surface area (Å²) in [5, 5.41) is 6.22. The van der Waals surface area contributed by atoms with Crippen molar-refractivity contribution in [2.45, 2.75) is 0 Å². The van der Waals surface area contributed by atoms with Gasteiger partial charge in [0.1, 0.15) is 5.69 Å². The fraction of sp³-hybridized carbons (Fsp3) is 0.267. The molecule has 0 bridgehead atoms. The van der Waals surface area contributed by atoms with Crippen LogP contribution in [0.2, 0.25) is 0 Å². The molecule has 5 heteroatoms. The van der Waals surface area contributed by atoms with Crippen LogP contribution in [0.4, 0.5) is 0 Å². The summed E-state index contributed by atoms with van der Waals surface area (Å²) in [5.41, 5.74) is 1.69. The summed E-state index contributed by atoms with van der Waals surface area (Å²) in [6.45, 7) is 2.74. The van der Waals surface area contributed by atoms with Gasteiger partial charge in [0.2, 0.25) is 0 Å². The molecule has 1 aromatic carbocycles. The zero-order chi connectivity index (χ0) is 13.9. The van der Waals surface area contributed by atoms with Gasteiger partial charge in [0.15, 0.2) is 0 Å². The number of benzene rings is 1. The van der Waals surface area contributed by atoms with Crippen LogP contribution in [-0.4, -0.2) is 30.1 Å². The predicted octanol–water partition coefficient (Wildman–Crippen LogP) is 2.03. The first-order chi connectivity index (χ1) is 9.74. The van der Waals surface area contributed by atoms with Crippen LogP contribution in [0.25, 0.3) is 5.69 Å². The third-order valence-corrected chi connectivity index (χ3v) is 4.16. The van der Waals surface area contributed by atoms with Crippen LogP contribution < -0.4 is 10.6 Å². The molecule has 0 radical (unpaired) electrons. The van der Waals surface area contributed by atoms with Crippen LogP contribution in [0.15, 0.2) is 42.6 Å². The maximum atomic E-state index is 12.3. The van der Waals surface area contributed by atoms with Crippen molar-refractivity contribution >= 4 is 28.5 Å². The standard InChI is InChI=1S/C15H16IN3O/c16-12-3-1-4-13(7-12)19-6-2-5-14(19)15(20)18-10-11-8-17-9-11/h1-7,11,17H,8-10H2,(H,18,20). The molecule has 4 nitrogen and oxygen atoms in total. The Labute approximate surface area is 131 Å². The van der Waals surface area contributed by atoms with Crippen molar-refractivity contribution < 1.29 is 4.79 Å².